The van der Waals surface area contributed by atoms with Crippen LogP contribution in [-0.2, 0) is 6.42 Å². The van der Waals surface area contributed by atoms with Crippen LogP contribution in [0.3, 0.4) is 0 Å². The van der Waals surface area contributed by atoms with Gasteiger partial charge in [0.05, 0.1) is 4.47 Å². The standard InChI is InChI=1S/C14H18BrFN2/c15-14-8(3-1-6-11(14)16)7-12(18-17)13-9-4-2-5-10(9)13/h1,3,6,9-10,12-13,18H,2,4-5,7,17H2. The van der Waals surface area contributed by atoms with E-state index in [1.807, 2.05) is 6.07 Å². The topological polar surface area (TPSA) is 38.0 Å². The molecule has 0 radical (unpaired) electrons. The van der Waals surface area contributed by atoms with Crippen molar-refractivity contribution >= 4 is 15.9 Å². The molecule has 2 fully saturated rings. The highest BCUT2D eigenvalue weighted by Gasteiger charge is 2.55. The molecule has 18 heavy (non-hydrogen) atoms. The van der Waals surface area contributed by atoms with Crippen LogP contribution in [0.4, 0.5) is 4.39 Å². The Labute approximate surface area is 115 Å². The molecular formula is C14H18BrFN2. The van der Waals surface area contributed by atoms with E-state index < -0.39 is 0 Å². The average Bonchev–Trinajstić information content (AvgIpc) is 2.84. The van der Waals surface area contributed by atoms with Gasteiger partial charge in [0, 0.05) is 6.04 Å². The first-order valence-electron chi connectivity index (χ1n) is 6.61. The van der Waals surface area contributed by atoms with Gasteiger partial charge in [-0.05, 0) is 64.6 Å². The normalized spacial score (nSPS) is 31.2. The zero-order chi connectivity index (χ0) is 12.7. The van der Waals surface area contributed by atoms with E-state index in [0.29, 0.717) is 10.4 Å². The van der Waals surface area contributed by atoms with Crippen LogP contribution in [-0.4, -0.2) is 6.04 Å². The van der Waals surface area contributed by atoms with E-state index in [4.69, 9.17) is 5.84 Å². The van der Waals surface area contributed by atoms with E-state index in [1.165, 1.54) is 25.3 Å². The molecule has 3 N–H and O–H groups in total. The number of hydrogen-bond acceptors (Lipinski definition) is 2. The van der Waals surface area contributed by atoms with Crippen LogP contribution in [0.25, 0.3) is 0 Å². The highest BCUT2D eigenvalue weighted by atomic mass is 79.9. The van der Waals surface area contributed by atoms with E-state index in [1.54, 1.807) is 6.07 Å². The van der Waals surface area contributed by atoms with Gasteiger partial charge < -0.3 is 0 Å². The Morgan fingerprint density at radius 1 is 1.39 bits per heavy atom. The minimum Gasteiger partial charge on any atom is -0.271 e. The summed E-state index contributed by atoms with van der Waals surface area (Å²) in [5.41, 5.74) is 3.95. The van der Waals surface area contributed by atoms with Gasteiger partial charge in [-0.1, -0.05) is 18.6 Å². The summed E-state index contributed by atoms with van der Waals surface area (Å²) in [6.07, 6.45) is 4.86. The Hall–Kier alpha value is -0.450. The SMILES string of the molecule is NNC(Cc1cccc(F)c1Br)C1C2CCCC21. The van der Waals surface area contributed by atoms with Crippen molar-refractivity contribution in [3.05, 3.63) is 34.1 Å². The molecule has 3 atom stereocenters. The molecule has 2 aliphatic carbocycles. The lowest BCUT2D eigenvalue weighted by atomic mass is 9.97. The van der Waals surface area contributed by atoms with Crippen molar-refractivity contribution in [1.29, 1.82) is 0 Å². The second kappa shape index (κ2) is 4.91. The molecule has 3 rings (SSSR count). The van der Waals surface area contributed by atoms with Crippen molar-refractivity contribution < 1.29 is 4.39 Å². The fourth-order valence-corrected chi connectivity index (χ4v) is 4.15. The van der Waals surface area contributed by atoms with Crippen LogP contribution in [0.5, 0.6) is 0 Å². The summed E-state index contributed by atoms with van der Waals surface area (Å²) >= 11 is 3.33. The third-order valence-electron chi connectivity index (χ3n) is 4.62. The maximum Gasteiger partial charge on any atom is 0.137 e. The van der Waals surface area contributed by atoms with Crippen molar-refractivity contribution in [3.8, 4) is 0 Å². The predicted molar refractivity (Wildman–Crippen MR) is 73.2 cm³/mol. The van der Waals surface area contributed by atoms with Gasteiger partial charge in [-0.15, -0.1) is 0 Å². The Bertz CT molecular complexity index is 441. The highest BCUT2D eigenvalue weighted by Crippen LogP contribution is 2.59. The molecule has 0 aromatic heterocycles. The molecule has 1 aromatic rings. The van der Waals surface area contributed by atoms with E-state index in [0.717, 1.165) is 23.8 Å². The number of halogens is 2. The summed E-state index contributed by atoms with van der Waals surface area (Å²) < 4.78 is 14.1. The second-order valence-corrected chi connectivity index (χ2v) is 6.32. The number of benzene rings is 1. The Morgan fingerprint density at radius 2 is 2.11 bits per heavy atom. The van der Waals surface area contributed by atoms with Crippen LogP contribution in [0.1, 0.15) is 24.8 Å². The molecule has 3 unspecified atom stereocenters. The van der Waals surface area contributed by atoms with E-state index >= 15 is 0 Å². The quantitative estimate of drug-likeness (QED) is 0.662. The maximum absolute atomic E-state index is 13.5. The van der Waals surface area contributed by atoms with E-state index in [9.17, 15) is 4.39 Å². The van der Waals surface area contributed by atoms with Gasteiger partial charge in [-0.3, -0.25) is 11.3 Å². The fraction of sp³-hybridized carbons (Fsp3) is 0.571. The highest BCUT2D eigenvalue weighted by molar-refractivity contribution is 9.10. The molecule has 0 spiro atoms. The summed E-state index contributed by atoms with van der Waals surface area (Å²) in [6.45, 7) is 0. The number of nitrogens with two attached hydrogens (primary N) is 1. The number of rotatable bonds is 4. The minimum absolute atomic E-state index is 0.195. The number of hydrogen-bond donors (Lipinski definition) is 2. The summed E-state index contributed by atoms with van der Waals surface area (Å²) in [4.78, 5) is 0. The van der Waals surface area contributed by atoms with Crippen LogP contribution in [0, 0.1) is 23.6 Å². The Morgan fingerprint density at radius 3 is 2.78 bits per heavy atom. The largest absolute Gasteiger partial charge is 0.271 e. The summed E-state index contributed by atoms with van der Waals surface area (Å²) in [5, 5.41) is 0. The van der Waals surface area contributed by atoms with E-state index in [2.05, 4.69) is 21.4 Å². The molecule has 0 bridgehead atoms. The average molecular weight is 313 g/mol. The fourth-order valence-electron chi connectivity index (χ4n) is 3.72. The Kier molecular flexibility index (Phi) is 3.43. The molecule has 0 saturated heterocycles. The third kappa shape index (κ3) is 2.10. The van der Waals surface area contributed by atoms with Crippen LogP contribution < -0.4 is 11.3 Å². The van der Waals surface area contributed by atoms with Gasteiger partial charge in [-0.25, -0.2) is 4.39 Å². The second-order valence-electron chi connectivity index (χ2n) is 5.53. The number of hydrazine groups is 1. The number of nitrogens with one attached hydrogen (secondary N) is 1. The van der Waals surface area contributed by atoms with Crippen molar-refractivity contribution in [2.75, 3.05) is 0 Å². The van der Waals surface area contributed by atoms with Crippen molar-refractivity contribution in [1.82, 2.24) is 5.43 Å². The van der Waals surface area contributed by atoms with Crippen molar-refractivity contribution in [2.45, 2.75) is 31.7 Å². The molecule has 1 aromatic carbocycles. The lowest BCUT2D eigenvalue weighted by molar-refractivity contribution is 0.409. The molecule has 4 heteroatoms. The molecule has 0 heterocycles. The van der Waals surface area contributed by atoms with Crippen LogP contribution in [0.2, 0.25) is 0 Å². The lowest BCUT2D eigenvalue weighted by Crippen LogP contribution is -2.39. The third-order valence-corrected chi connectivity index (χ3v) is 5.51. The van der Waals surface area contributed by atoms with Crippen LogP contribution >= 0.6 is 15.9 Å². The van der Waals surface area contributed by atoms with E-state index in [-0.39, 0.29) is 11.9 Å². The zero-order valence-corrected chi connectivity index (χ0v) is 11.8. The zero-order valence-electron chi connectivity index (χ0n) is 10.2. The molecule has 2 nitrogen and oxygen atoms in total. The molecule has 98 valence electrons. The summed E-state index contributed by atoms with van der Waals surface area (Å²) in [7, 11) is 0. The Balaban J connectivity index is 1.72. The van der Waals surface area contributed by atoms with Gasteiger partial charge in [0.2, 0.25) is 0 Å². The maximum atomic E-state index is 13.5. The van der Waals surface area contributed by atoms with Gasteiger partial charge in [0.25, 0.3) is 0 Å². The first-order chi connectivity index (χ1) is 8.72. The summed E-state index contributed by atoms with van der Waals surface area (Å²) in [5.74, 6) is 7.91. The molecule has 0 aliphatic heterocycles. The van der Waals surface area contributed by atoms with Crippen molar-refractivity contribution in [2.24, 2.45) is 23.6 Å². The first kappa shape index (κ1) is 12.6. The molecule has 2 aliphatic rings. The van der Waals surface area contributed by atoms with Crippen LogP contribution in [0.15, 0.2) is 22.7 Å². The lowest BCUT2D eigenvalue weighted by Gasteiger charge is -2.18. The molecule has 0 amide bonds. The first-order valence-corrected chi connectivity index (χ1v) is 7.40. The van der Waals surface area contributed by atoms with Gasteiger partial charge in [0.15, 0.2) is 0 Å². The predicted octanol–water partition coefficient (Wildman–Crippen LogP) is 3.01. The van der Waals surface area contributed by atoms with Crippen molar-refractivity contribution in [3.63, 3.8) is 0 Å². The van der Waals surface area contributed by atoms with Gasteiger partial charge >= 0.3 is 0 Å². The van der Waals surface area contributed by atoms with Gasteiger partial charge in [0.1, 0.15) is 5.82 Å². The minimum atomic E-state index is -0.195. The molecule has 2 saturated carbocycles. The van der Waals surface area contributed by atoms with Gasteiger partial charge in [-0.2, -0.15) is 0 Å². The monoisotopic (exact) mass is 312 g/mol. The number of fused-ring (bicyclic) bond motifs is 1. The molecular weight excluding hydrogens is 295 g/mol. The summed E-state index contributed by atoms with van der Waals surface area (Å²) in [6, 6.07) is 5.48. The smallest absolute Gasteiger partial charge is 0.137 e.